The van der Waals surface area contributed by atoms with E-state index in [9.17, 15) is 4.79 Å². The Balaban J connectivity index is 1.65. The molecule has 2 N–H and O–H groups in total. The monoisotopic (exact) mass is 342 g/mol. The number of ether oxygens (including phenoxy) is 1. The lowest BCUT2D eigenvalue weighted by atomic mass is 9.87. The maximum atomic E-state index is 13.0. The van der Waals surface area contributed by atoms with E-state index in [0.717, 1.165) is 43.7 Å². The molecule has 1 amide bonds. The second-order valence-corrected chi connectivity index (χ2v) is 6.28. The van der Waals surface area contributed by atoms with E-state index in [0.29, 0.717) is 13.2 Å². The molecule has 1 aromatic carbocycles. The molecular weight excluding hydrogens is 316 g/mol. The summed E-state index contributed by atoms with van der Waals surface area (Å²) in [6.07, 6.45) is 5.85. The van der Waals surface area contributed by atoms with Crippen LogP contribution in [-0.4, -0.2) is 41.9 Å². The Labute approximate surface area is 148 Å². The Morgan fingerprint density at radius 1 is 1.32 bits per heavy atom. The average molecular weight is 342 g/mol. The van der Waals surface area contributed by atoms with Crippen LogP contribution in [0, 0.1) is 0 Å². The Hall–Kier alpha value is -2.34. The molecule has 0 atom stereocenters. The van der Waals surface area contributed by atoms with Crippen molar-refractivity contribution in [1.29, 1.82) is 0 Å². The van der Waals surface area contributed by atoms with Crippen LogP contribution in [0.15, 0.2) is 42.7 Å². The summed E-state index contributed by atoms with van der Waals surface area (Å²) in [5, 5.41) is 10.8. The van der Waals surface area contributed by atoms with Gasteiger partial charge >= 0.3 is 0 Å². The summed E-state index contributed by atoms with van der Waals surface area (Å²) in [6.45, 7) is 4.84. The first-order chi connectivity index (χ1) is 12.3. The van der Waals surface area contributed by atoms with E-state index < -0.39 is 5.54 Å². The van der Waals surface area contributed by atoms with Crippen molar-refractivity contribution < 1.29 is 9.53 Å². The Bertz CT molecular complexity index is 678. The quantitative estimate of drug-likeness (QED) is 0.804. The van der Waals surface area contributed by atoms with Crippen molar-refractivity contribution >= 4 is 5.91 Å². The molecule has 1 aliphatic heterocycles. The van der Waals surface area contributed by atoms with Gasteiger partial charge in [-0.15, -0.1) is 0 Å². The molecule has 2 aromatic rings. The maximum Gasteiger partial charge on any atom is 0.248 e. The van der Waals surface area contributed by atoms with Crippen LogP contribution >= 0.6 is 0 Å². The fraction of sp³-hybridized carbons (Fsp3) is 0.474. The topological polar surface area (TPSA) is 68.2 Å². The molecule has 2 heterocycles. The fourth-order valence-electron chi connectivity index (χ4n) is 3.40. The van der Waals surface area contributed by atoms with Crippen molar-refractivity contribution in [3.8, 4) is 5.75 Å². The molecular formula is C19H26N4O2. The summed E-state index contributed by atoms with van der Waals surface area (Å²) in [4.78, 5) is 13.0. The predicted octanol–water partition coefficient (Wildman–Crippen LogP) is 1.72. The molecule has 0 radical (unpaired) electrons. The standard InChI is InChI=1S/C19H26N4O2/c1-2-25-17-7-4-3-6-16(17)8-12-21-18(24)19(9-13-20-14-10-19)23-15-5-11-22-23/h3-7,11,15,20H,2,8-10,12-14H2,1H3,(H,21,24). The molecule has 1 aromatic heterocycles. The zero-order chi connectivity index (χ0) is 17.5. The van der Waals surface area contributed by atoms with Crippen molar-refractivity contribution in [2.75, 3.05) is 26.2 Å². The fourth-order valence-corrected chi connectivity index (χ4v) is 3.40. The van der Waals surface area contributed by atoms with E-state index in [2.05, 4.69) is 15.7 Å². The van der Waals surface area contributed by atoms with Crippen LogP contribution in [0.2, 0.25) is 0 Å². The number of hydrogen-bond donors (Lipinski definition) is 2. The molecule has 6 heteroatoms. The van der Waals surface area contributed by atoms with Crippen molar-refractivity contribution in [3.63, 3.8) is 0 Å². The van der Waals surface area contributed by atoms with Crippen molar-refractivity contribution in [2.45, 2.75) is 31.7 Å². The zero-order valence-electron chi connectivity index (χ0n) is 14.7. The van der Waals surface area contributed by atoms with Crippen LogP contribution in [-0.2, 0) is 16.8 Å². The number of para-hydroxylation sites is 1. The van der Waals surface area contributed by atoms with E-state index in [1.807, 2.05) is 48.1 Å². The second kappa shape index (κ2) is 8.16. The third-order valence-electron chi connectivity index (χ3n) is 4.75. The first-order valence-corrected chi connectivity index (χ1v) is 8.96. The number of carbonyl (C=O) groups is 1. The number of amides is 1. The minimum absolute atomic E-state index is 0.0478. The molecule has 0 spiro atoms. The zero-order valence-corrected chi connectivity index (χ0v) is 14.7. The van der Waals surface area contributed by atoms with Crippen LogP contribution < -0.4 is 15.4 Å². The summed E-state index contributed by atoms with van der Waals surface area (Å²) in [6, 6.07) is 9.85. The Morgan fingerprint density at radius 2 is 2.12 bits per heavy atom. The van der Waals surface area contributed by atoms with Gasteiger partial charge in [0, 0.05) is 18.9 Å². The summed E-state index contributed by atoms with van der Waals surface area (Å²) in [5.74, 6) is 0.939. The number of hydrogen-bond acceptors (Lipinski definition) is 4. The van der Waals surface area contributed by atoms with E-state index in [4.69, 9.17) is 4.74 Å². The van der Waals surface area contributed by atoms with Crippen LogP contribution in [0.5, 0.6) is 5.75 Å². The predicted molar refractivity (Wildman–Crippen MR) is 96.6 cm³/mol. The number of aromatic nitrogens is 2. The Morgan fingerprint density at radius 3 is 2.84 bits per heavy atom. The molecule has 6 nitrogen and oxygen atoms in total. The van der Waals surface area contributed by atoms with Gasteiger partial charge in [-0.2, -0.15) is 5.10 Å². The first kappa shape index (κ1) is 17.5. The van der Waals surface area contributed by atoms with Gasteiger partial charge in [0.15, 0.2) is 0 Å². The largest absolute Gasteiger partial charge is 0.494 e. The number of piperidine rings is 1. The van der Waals surface area contributed by atoms with E-state index in [-0.39, 0.29) is 5.91 Å². The summed E-state index contributed by atoms with van der Waals surface area (Å²) < 4.78 is 7.47. The van der Waals surface area contributed by atoms with E-state index in [1.165, 1.54) is 0 Å². The third kappa shape index (κ3) is 3.85. The normalized spacial score (nSPS) is 16.4. The van der Waals surface area contributed by atoms with Gasteiger partial charge in [0.25, 0.3) is 0 Å². The third-order valence-corrected chi connectivity index (χ3v) is 4.75. The van der Waals surface area contributed by atoms with Crippen molar-refractivity contribution in [3.05, 3.63) is 48.3 Å². The van der Waals surface area contributed by atoms with Crippen molar-refractivity contribution in [1.82, 2.24) is 20.4 Å². The van der Waals surface area contributed by atoms with Gasteiger partial charge in [0.1, 0.15) is 11.3 Å². The molecule has 25 heavy (non-hydrogen) atoms. The number of benzene rings is 1. The van der Waals surface area contributed by atoms with E-state index >= 15 is 0 Å². The summed E-state index contributed by atoms with van der Waals surface area (Å²) in [5.41, 5.74) is 0.525. The number of nitrogens with one attached hydrogen (secondary N) is 2. The van der Waals surface area contributed by atoms with Crippen LogP contribution in [0.3, 0.4) is 0 Å². The first-order valence-electron chi connectivity index (χ1n) is 8.96. The molecule has 1 aliphatic rings. The van der Waals surface area contributed by atoms with Crippen molar-refractivity contribution in [2.24, 2.45) is 0 Å². The molecule has 0 bridgehead atoms. The molecule has 1 fully saturated rings. The molecule has 0 saturated carbocycles. The highest BCUT2D eigenvalue weighted by molar-refractivity contribution is 5.84. The SMILES string of the molecule is CCOc1ccccc1CCNC(=O)C1(n2cccn2)CCNCC1. The van der Waals surface area contributed by atoms with Crippen LogP contribution in [0.1, 0.15) is 25.3 Å². The minimum Gasteiger partial charge on any atom is -0.494 e. The number of carbonyl (C=O) groups excluding carboxylic acids is 1. The molecule has 1 saturated heterocycles. The van der Waals surface area contributed by atoms with E-state index in [1.54, 1.807) is 6.20 Å². The van der Waals surface area contributed by atoms with Gasteiger partial charge in [-0.1, -0.05) is 18.2 Å². The highest BCUT2D eigenvalue weighted by atomic mass is 16.5. The number of nitrogens with zero attached hydrogens (tertiary/aromatic N) is 2. The Kier molecular flexibility index (Phi) is 5.71. The van der Waals surface area contributed by atoms with Gasteiger partial charge in [-0.05, 0) is 57.0 Å². The molecule has 134 valence electrons. The summed E-state index contributed by atoms with van der Waals surface area (Å²) >= 11 is 0. The highest BCUT2D eigenvalue weighted by Gasteiger charge is 2.41. The number of rotatable bonds is 7. The van der Waals surface area contributed by atoms with Gasteiger partial charge in [-0.25, -0.2) is 0 Å². The highest BCUT2D eigenvalue weighted by Crippen LogP contribution is 2.27. The maximum absolute atomic E-state index is 13.0. The van der Waals surface area contributed by atoms with Gasteiger partial charge < -0.3 is 15.4 Å². The lowest BCUT2D eigenvalue weighted by molar-refractivity contribution is -0.131. The summed E-state index contributed by atoms with van der Waals surface area (Å²) in [7, 11) is 0. The molecule has 3 rings (SSSR count). The van der Waals surface area contributed by atoms with Gasteiger partial charge in [0.05, 0.1) is 6.61 Å². The van der Waals surface area contributed by atoms with Crippen LogP contribution in [0.25, 0.3) is 0 Å². The lowest BCUT2D eigenvalue weighted by Crippen LogP contribution is -2.54. The average Bonchev–Trinajstić information content (AvgIpc) is 3.19. The lowest BCUT2D eigenvalue weighted by Gasteiger charge is -2.36. The van der Waals surface area contributed by atoms with Gasteiger partial charge in [-0.3, -0.25) is 9.48 Å². The molecule has 0 unspecified atom stereocenters. The van der Waals surface area contributed by atoms with Crippen LogP contribution in [0.4, 0.5) is 0 Å². The smallest absolute Gasteiger partial charge is 0.248 e. The van der Waals surface area contributed by atoms with Gasteiger partial charge in [0.2, 0.25) is 5.91 Å². The minimum atomic E-state index is -0.589. The second-order valence-electron chi connectivity index (χ2n) is 6.28. The molecule has 0 aliphatic carbocycles.